The predicted octanol–water partition coefficient (Wildman–Crippen LogP) is 3.38. The molecule has 2 aromatic carbocycles. The molecule has 0 spiro atoms. The summed E-state index contributed by atoms with van der Waals surface area (Å²) in [4.78, 5) is 11.0. The molecular formula is C20H18FN3O2. The van der Waals surface area contributed by atoms with Crippen LogP contribution in [-0.4, -0.2) is 43.4 Å². The molecule has 0 saturated carbocycles. The number of hydrogen-bond donors (Lipinski definition) is 0. The van der Waals surface area contributed by atoms with Crippen molar-refractivity contribution in [2.45, 2.75) is 6.04 Å². The van der Waals surface area contributed by atoms with Crippen LogP contribution in [0.4, 0.5) is 4.39 Å². The lowest BCUT2D eigenvalue weighted by Crippen LogP contribution is -2.27. The SMILES string of the molecule is COc1cc(C2=CN3C[C@H](COc4ccccc4)N=C3N=C2)ccc1F. The van der Waals surface area contributed by atoms with Gasteiger partial charge in [0, 0.05) is 18.0 Å². The fourth-order valence-electron chi connectivity index (χ4n) is 2.92. The van der Waals surface area contributed by atoms with E-state index in [1.54, 1.807) is 18.3 Å². The monoisotopic (exact) mass is 351 g/mol. The van der Waals surface area contributed by atoms with E-state index in [1.165, 1.54) is 13.2 Å². The van der Waals surface area contributed by atoms with Crippen LogP contribution in [0.3, 0.4) is 0 Å². The van der Waals surface area contributed by atoms with E-state index < -0.39 is 0 Å². The van der Waals surface area contributed by atoms with Crippen LogP contribution in [0.1, 0.15) is 5.56 Å². The maximum Gasteiger partial charge on any atom is 0.225 e. The molecule has 2 aliphatic rings. The largest absolute Gasteiger partial charge is 0.494 e. The normalized spacial score (nSPS) is 18.2. The summed E-state index contributed by atoms with van der Waals surface area (Å²) < 4.78 is 24.4. The lowest BCUT2D eigenvalue weighted by Gasteiger charge is -2.19. The van der Waals surface area contributed by atoms with Gasteiger partial charge in [-0.1, -0.05) is 24.3 Å². The van der Waals surface area contributed by atoms with Crippen LogP contribution < -0.4 is 9.47 Å². The quantitative estimate of drug-likeness (QED) is 0.830. The number of ether oxygens (including phenoxy) is 2. The van der Waals surface area contributed by atoms with Gasteiger partial charge in [0.25, 0.3) is 0 Å². The molecule has 0 unspecified atom stereocenters. The Morgan fingerprint density at radius 1 is 1.19 bits per heavy atom. The first-order valence-electron chi connectivity index (χ1n) is 8.35. The summed E-state index contributed by atoms with van der Waals surface area (Å²) in [5.41, 5.74) is 1.72. The molecular weight excluding hydrogens is 333 g/mol. The summed E-state index contributed by atoms with van der Waals surface area (Å²) in [7, 11) is 1.45. The minimum atomic E-state index is -0.383. The fraction of sp³-hybridized carbons (Fsp3) is 0.200. The topological polar surface area (TPSA) is 46.4 Å². The summed E-state index contributed by atoms with van der Waals surface area (Å²) in [6.07, 6.45) is 3.71. The van der Waals surface area contributed by atoms with E-state index in [9.17, 15) is 4.39 Å². The van der Waals surface area contributed by atoms with E-state index in [1.807, 2.05) is 41.4 Å². The number of halogens is 1. The molecule has 0 aromatic heterocycles. The van der Waals surface area contributed by atoms with Crippen LogP contribution in [0.25, 0.3) is 5.57 Å². The molecule has 5 nitrogen and oxygen atoms in total. The van der Waals surface area contributed by atoms with Crippen molar-refractivity contribution < 1.29 is 13.9 Å². The summed E-state index contributed by atoms with van der Waals surface area (Å²) in [5.74, 6) is 1.33. The number of para-hydroxylation sites is 1. The Morgan fingerprint density at radius 2 is 2.04 bits per heavy atom. The van der Waals surface area contributed by atoms with Crippen LogP contribution in [-0.2, 0) is 0 Å². The Labute approximate surface area is 151 Å². The van der Waals surface area contributed by atoms with Gasteiger partial charge in [-0.3, -0.25) is 0 Å². The summed E-state index contributed by atoms with van der Waals surface area (Å²) in [6, 6.07) is 14.5. The molecule has 0 saturated heterocycles. The molecule has 2 aromatic rings. The average Bonchev–Trinajstić information content (AvgIpc) is 3.09. The lowest BCUT2D eigenvalue weighted by atomic mass is 10.1. The molecule has 0 aliphatic carbocycles. The molecule has 6 heteroatoms. The van der Waals surface area contributed by atoms with Gasteiger partial charge in [-0.15, -0.1) is 0 Å². The first-order chi connectivity index (χ1) is 12.7. The van der Waals surface area contributed by atoms with Crippen LogP contribution in [0.5, 0.6) is 11.5 Å². The van der Waals surface area contributed by atoms with Crippen molar-refractivity contribution in [2.24, 2.45) is 9.98 Å². The molecule has 0 N–H and O–H groups in total. The third-order valence-corrected chi connectivity index (χ3v) is 4.25. The van der Waals surface area contributed by atoms with Crippen molar-refractivity contribution in [3.63, 3.8) is 0 Å². The van der Waals surface area contributed by atoms with E-state index in [-0.39, 0.29) is 17.6 Å². The van der Waals surface area contributed by atoms with Gasteiger partial charge in [-0.2, -0.15) is 0 Å². The highest BCUT2D eigenvalue weighted by Gasteiger charge is 2.26. The zero-order valence-corrected chi connectivity index (χ0v) is 14.3. The number of methoxy groups -OCH3 is 1. The highest BCUT2D eigenvalue weighted by molar-refractivity contribution is 6.16. The van der Waals surface area contributed by atoms with Crippen molar-refractivity contribution in [3.05, 3.63) is 66.1 Å². The third kappa shape index (κ3) is 3.31. The number of hydrogen-bond acceptors (Lipinski definition) is 5. The maximum atomic E-state index is 13.6. The summed E-state index contributed by atoms with van der Waals surface area (Å²) in [5, 5.41) is 0. The van der Waals surface area contributed by atoms with Gasteiger partial charge < -0.3 is 14.4 Å². The van der Waals surface area contributed by atoms with Crippen LogP contribution in [0.2, 0.25) is 0 Å². The minimum Gasteiger partial charge on any atom is -0.494 e. The molecule has 2 heterocycles. The van der Waals surface area contributed by atoms with E-state index in [2.05, 4.69) is 9.98 Å². The molecule has 0 fully saturated rings. The van der Waals surface area contributed by atoms with Crippen LogP contribution in [0.15, 0.2) is 64.7 Å². The van der Waals surface area contributed by atoms with E-state index in [4.69, 9.17) is 9.47 Å². The van der Waals surface area contributed by atoms with Gasteiger partial charge in [0.1, 0.15) is 18.4 Å². The third-order valence-electron chi connectivity index (χ3n) is 4.25. The Hall–Kier alpha value is -3.15. The molecule has 2 aliphatic heterocycles. The molecule has 4 rings (SSSR count). The molecule has 0 bridgehead atoms. The molecule has 26 heavy (non-hydrogen) atoms. The molecule has 1 atom stereocenters. The van der Waals surface area contributed by atoms with Gasteiger partial charge >= 0.3 is 0 Å². The summed E-state index contributed by atoms with van der Waals surface area (Å²) >= 11 is 0. The summed E-state index contributed by atoms with van der Waals surface area (Å²) in [6.45, 7) is 1.19. The molecule has 0 amide bonds. The highest BCUT2D eigenvalue weighted by atomic mass is 19.1. The number of nitrogens with zero attached hydrogens (tertiary/aromatic N) is 3. The van der Waals surface area contributed by atoms with Crippen molar-refractivity contribution in [1.82, 2.24) is 4.90 Å². The van der Waals surface area contributed by atoms with Crippen molar-refractivity contribution in [3.8, 4) is 11.5 Å². The number of aliphatic imine (C=N–C) groups is 2. The van der Waals surface area contributed by atoms with E-state index in [0.29, 0.717) is 19.1 Å². The van der Waals surface area contributed by atoms with Crippen molar-refractivity contribution >= 4 is 17.7 Å². The van der Waals surface area contributed by atoms with Gasteiger partial charge in [0.05, 0.1) is 13.7 Å². The first-order valence-corrected chi connectivity index (χ1v) is 8.35. The standard InChI is InChI=1S/C20H18FN3O2/c1-25-19-9-14(7-8-18(19)21)15-10-22-20-23-16(12-24(20)11-15)13-26-17-5-3-2-4-6-17/h2-11,16H,12-13H2,1H3/t16-/m1/s1. The Balaban J connectivity index is 1.45. The second-order valence-corrected chi connectivity index (χ2v) is 6.05. The van der Waals surface area contributed by atoms with Crippen molar-refractivity contribution in [2.75, 3.05) is 20.3 Å². The number of rotatable bonds is 5. The maximum absolute atomic E-state index is 13.6. The van der Waals surface area contributed by atoms with Crippen LogP contribution in [0, 0.1) is 5.82 Å². The van der Waals surface area contributed by atoms with Crippen LogP contribution >= 0.6 is 0 Å². The van der Waals surface area contributed by atoms with Crippen molar-refractivity contribution in [1.29, 1.82) is 0 Å². The highest BCUT2D eigenvalue weighted by Crippen LogP contribution is 2.26. The lowest BCUT2D eigenvalue weighted by molar-refractivity contribution is 0.284. The molecule has 0 radical (unpaired) electrons. The number of guanidine groups is 1. The second kappa shape index (κ2) is 7.00. The van der Waals surface area contributed by atoms with Gasteiger partial charge in [0.15, 0.2) is 11.6 Å². The smallest absolute Gasteiger partial charge is 0.225 e. The number of allylic oxidation sites excluding steroid dienone is 1. The Morgan fingerprint density at radius 3 is 2.85 bits per heavy atom. The van der Waals surface area contributed by atoms with E-state index >= 15 is 0 Å². The number of fused-ring (bicyclic) bond motifs is 1. The zero-order chi connectivity index (χ0) is 17.9. The minimum absolute atomic E-state index is 0.0145. The predicted molar refractivity (Wildman–Crippen MR) is 99.3 cm³/mol. The molecule has 132 valence electrons. The Bertz CT molecular complexity index is 893. The van der Waals surface area contributed by atoms with E-state index in [0.717, 1.165) is 16.9 Å². The number of benzene rings is 2. The van der Waals surface area contributed by atoms with Gasteiger partial charge in [-0.05, 0) is 29.8 Å². The average molecular weight is 351 g/mol. The van der Waals surface area contributed by atoms with Gasteiger partial charge in [-0.25, -0.2) is 14.4 Å². The second-order valence-electron chi connectivity index (χ2n) is 6.05. The zero-order valence-electron chi connectivity index (χ0n) is 14.3. The Kier molecular flexibility index (Phi) is 4.39. The van der Waals surface area contributed by atoms with Gasteiger partial charge in [0.2, 0.25) is 5.96 Å². The first kappa shape index (κ1) is 16.3. The fourth-order valence-corrected chi connectivity index (χ4v) is 2.92.